The molecule has 0 atom stereocenters. The highest BCUT2D eigenvalue weighted by Crippen LogP contribution is 2.28. The number of ether oxygens (including phenoxy) is 2. The average Bonchev–Trinajstić information content (AvgIpc) is 2.61. The third kappa shape index (κ3) is 4.72. The maximum absolute atomic E-state index is 13.6. The fourth-order valence-corrected chi connectivity index (χ4v) is 2.17. The third-order valence-corrected chi connectivity index (χ3v) is 3.58. The van der Waals surface area contributed by atoms with Crippen molar-refractivity contribution in [3.63, 3.8) is 0 Å². The summed E-state index contributed by atoms with van der Waals surface area (Å²) in [7, 11) is 1.53. The van der Waals surface area contributed by atoms with Gasteiger partial charge in [0.2, 0.25) is 0 Å². The number of benzene rings is 2. The second-order valence-corrected chi connectivity index (χ2v) is 5.34. The predicted molar refractivity (Wildman–Crippen MR) is 91.0 cm³/mol. The fourth-order valence-electron chi connectivity index (χ4n) is 2.17. The number of amides is 1. The van der Waals surface area contributed by atoms with Gasteiger partial charge in [0, 0.05) is 17.7 Å². The van der Waals surface area contributed by atoms with E-state index in [1.54, 1.807) is 36.4 Å². The van der Waals surface area contributed by atoms with E-state index in [2.05, 4.69) is 12.2 Å². The van der Waals surface area contributed by atoms with Gasteiger partial charge in [0.15, 0.2) is 11.5 Å². The van der Waals surface area contributed by atoms with E-state index < -0.39 is 0 Å². The molecule has 0 saturated heterocycles. The lowest BCUT2D eigenvalue weighted by molar-refractivity contribution is 0.0950. The minimum Gasteiger partial charge on any atom is -0.493 e. The van der Waals surface area contributed by atoms with Gasteiger partial charge in [-0.15, -0.1) is 0 Å². The van der Waals surface area contributed by atoms with Crippen LogP contribution in [0.2, 0.25) is 0 Å². The van der Waals surface area contributed by atoms with Gasteiger partial charge in [0.1, 0.15) is 5.82 Å². The zero-order chi connectivity index (χ0) is 17.4. The van der Waals surface area contributed by atoms with Crippen LogP contribution in [-0.4, -0.2) is 19.6 Å². The van der Waals surface area contributed by atoms with Gasteiger partial charge in [-0.2, -0.15) is 0 Å². The van der Waals surface area contributed by atoms with Crippen molar-refractivity contribution < 1.29 is 18.7 Å². The molecule has 0 aliphatic heterocycles. The van der Waals surface area contributed by atoms with E-state index in [-0.39, 0.29) is 18.3 Å². The highest BCUT2D eigenvalue weighted by Gasteiger charge is 2.12. The lowest BCUT2D eigenvalue weighted by Crippen LogP contribution is -2.23. The molecule has 1 amide bonds. The Balaban J connectivity index is 2.02. The molecule has 0 aliphatic rings. The van der Waals surface area contributed by atoms with Crippen LogP contribution in [0.15, 0.2) is 42.5 Å². The second kappa shape index (κ2) is 8.91. The van der Waals surface area contributed by atoms with Gasteiger partial charge in [-0.1, -0.05) is 31.5 Å². The van der Waals surface area contributed by atoms with Gasteiger partial charge >= 0.3 is 0 Å². The standard InChI is InChI=1S/C19H22FNO3/c1-3-4-11-24-17-10-9-14(12-18(17)23-2)19(22)21-13-15-7-5-6-8-16(15)20/h5-10,12H,3-4,11,13H2,1-2H3,(H,21,22). The number of carbonyl (C=O) groups excluding carboxylic acids is 1. The maximum atomic E-state index is 13.6. The van der Waals surface area contributed by atoms with Crippen molar-refractivity contribution in [1.82, 2.24) is 5.32 Å². The second-order valence-electron chi connectivity index (χ2n) is 5.34. The lowest BCUT2D eigenvalue weighted by atomic mass is 10.1. The van der Waals surface area contributed by atoms with E-state index in [0.29, 0.717) is 29.2 Å². The summed E-state index contributed by atoms with van der Waals surface area (Å²) in [4.78, 5) is 12.2. The van der Waals surface area contributed by atoms with Crippen molar-refractivity contribution in [1.29, 1.82) is 0 Å². The van der Waals surface area contributed by atoms with Gasteiger partial charge < -0.3 is 14.8 Å². The molecule has 0 radical (unpaired) electrons. The zero-order valence-electron chi connectivity index (χ0n) is 14.0. The number of hydrogen-bond acceptors (Lipinski definition) is 3. The number of unbranched alkanes of at least 4 members (excludes halogenated alkanes) is 1. The molecule has 0 bridgehead atoms. The highest BCUT2D eigenvalue weighted by molar-refractivity contribution is 5.94. The van der Waals surface area contributed by atoms with E-state index in [9.17, 15) is 9.18 Å². The van der Waals surface area contributed by atoms with Crippen molar-refractivity contribution in [2.24, 2.45) is 0 Å². The molecule has 2 aromatic rings. The molecular formula is C19H22FNO3. The Morgan fingerprint density at radius 3 is 2.67 bits per heavy atom. The first-order chi connectivity index (χ1) is 11.7. The molecule has 2 aromatic carbocycles. The summed E-state index contributed by atoms with van der Waals surface area (Å²) in [6.07, 6.45) is 1.99. The van der Waals surface area contributed by atoms with Gasteiger partial charge in [-0.25, -0.2) is 4.39 Å². The number of nitrogens with one attached hydrogen (secondary N) is 1. The first-order valence-corrected chi connectivity index (χ1v) is 7.98. The molecule has 0 spiro atoms. The average molecular weight is 331 g/mol. The Bertz CT molecular complexity index is 688. The SMILES string of the molecule is CCCCOc1ccc(C(=O)NCc2ccccc2F)cc1OC. The molecule has 0 unspecified atom stereocenters. The Hall–Kier alpha value is -2.56. The summed E-state index contributed by atoms with van der Waals surface area (Å²) in [6.45, 7) is 2.82. The van der Waals surface area contributed by atoms with E-state index in [0.717, 1.165) is 12.8 Å². The van der Waals surface area contributed by atoms with Crippen molar-refractivity contribution in [3.8, 4) is 11.5 Å². The summed E-state index contributed by atoms with van der Waals surface area (Å²) < 4.78 is 24.5. The van der Waals surface area contributed by atoms with E-state index in [1.165, 1.54) is 13.2 Å². The van der Waals surface area contributed by atoms with Gasteiger partial charge in [-0.05, 0) is 30.7 Å². The first-order valence-electron chi connectivity index (χ1n) is 7.98. The summed E-state index contributed by atoms with van der Waals surface area (Å²) in [5.41, 5.74) is 0.878. The van der Waals surface area contributed by atoms with Crippen LogP contribution < -0.4 is 14.8 Å². The number of halogens is 1. The van der Waals surface area contributed by atoms with Crippen LogP contribution in [0.3, 0.4) is 0 Å². The Labute approximate surface area is 141 Å². The number of rotatable bonds is 8. The van der Waals surface area contributed by atoms with E-state index >= 15 is 0 Å². The molecule has 0 fully saturated rings. The number of hydrogen-bond donors (Lipinski definition) is 1. The lowest BCUT2D eigenvalue weighted by Gasteiger charge is -2.12. The number of carbonyl (C=O) groups is 1. The van der Waals surface area contributed by atoms with Crippen LogP contribution in [0.1, 0.15) is 35.7 Å². The molecular weight excluding hydrogens is 309 g/mol. The number of methoxy groups -OCH3 is 1. The molecule has 128 valence electrons. The van der Waals surface area contributed by atoms with Gasteiger partial charge in [0.25, 0.3) is 5.91 Å². The van der Waals surface area contributed by atoms with Crippen molar-refractivity contribution in [2.45, 2.75) is 26.3 Å². The molecule has 24 heavy (non-hydrogen) atoms. The van der Waals surface area contributed by atoms with Crippen LogP contribution in [0.4, 0.5) is 4.39 Å². The van der Waals surface area contributed by atoms with E-state index in [4.69, 9.17) is 9.47 Å². The fraction of sp³-hybridized carbons (Fsp3) is 0.316. The van der Waals surface area contributed by atoms with Gasteiger partial charge in [-0.3, -0.25) is 4.79 Å². The summed E-state index contributed by atoms with van der Waals surface area (Å²) in [5, 5.41) is 2.70. The Morgan fingerprint density at radius 2 is 1.96 bits per heavy atom. The first kappa shape index (κ1) is 17.8. The monoisotopic (exact) mass is 331 g/mol. The van der Waals surface area contributed by atoms with Crippen LogP contribution >= 0.6 is 0 Å². The molecule has 2 rings (SSSR count). The topological polar surface area (TPSA) is 47.6 Å². The Morgan fingerprint density at radius 1 is 1.17 bits per heavy atom. The van der Waals surface area contributed by atoms with Crippen LogP contribution in [0.25, 0.3) is 0 Å². The predicted octanol–water partition coefficient (Wildman–Crippen LogP) is 3.94. The molecule has 0 saturated carbocycles. The molecule has 4 nitrogen and oxygen atoms in total. The molecule has 0 aliphatic carbocycles. The molecule has 0 aromatic heterocycles. The van der Waals surface area contributed by atoms with Crippen LogP contribution in [-0.2, 0) is 6.54 Å². The highest BCUT2D eigenvalue weighted by atomic mass is 19.1. The summed E-state index contributed by atoms with van der Waals surface area (Å²) in [6, 6.07) is 11.4. The smallest absolute Gasteiger partial charge is 0.251 e. The van der Waals surface area contributed by atoms with Gasteiger partial charge in [0.05, 0.1) is 13.7 Å². The minimum absolute atomic E-state index is 0.128. The maximum Gasteiger partial charge on any atom is 0.251 e. The zero-order valence-corrected chi connectivity index (χ0v) is 14.0. The molecule has 5 heteroatoms. The third-order valence-electron chi connectivity index (χ3n) is 3.58. The summed E-state index contributed by atoms with van der Waals surface area (Å²) in [5.74, 6) is 0.480. The van der Waals surface area contributed by atoms with Crippen molar-refractivity contribution in [2.75, 3.05) is 13.7 Å². The quantitative estimate of drug-likeness (QED) is 0.745. The van der Waals surface area contributed by atoms with Crippen LogP contribution in [0.5, 0.6) is 11.5 Å². The van der Waals surface area contributed by atoms with E-state index in [1.807, 2.05) is 0 Å². The minimum atomic E-state index is -0.338. The van der Waals surface area contributed by atoms with Crippen LogP contribution in [0, 0.1) is 5.82 Å². The van der Waals surface area contributed by atoms with Crippen molar-refractivity contribution >= 4 is 5.91 Å². The normalized spacial score (nSPS) is 10.3. The Kier molecular flexibility index (Phi) is 6.61. The van der Waals surface area contributed by atoms with Crippen molar-refractivity contribution in [3.05, 3.63) is 59.4 Å². The molecule has 1 N–H and O–H groups in total. The molecule has 0 heterocycles. The summed E-state index contributed by atoms with van der Waals surface area (Å²) >= 11 is 0. The largest absolute Gasteiger partial charge is 0.493 e.